The molecule has 1 aliphatic carbocycles. The number of pyridine rings is 1. The molecule has 72 heavy (non-hydrogen) atoms. The Morgan fingerprint density at radius 3 is 2.24 bits per heavy atom. The van der Waals surface area contributed by atoms with E-state index in [9.17, 15) is 9.59 Å². The SMILES string of the molecule is CC(C)[Si](C#Cc1cccc2c(F)c(NC(=O)OC(C)(C)C)cc(-c3nc4c5c(nc(OCC6(CN7CCOCC7)CC6)nc5c3F)N3C[C@H]5CC[C@@H]([C@H]3[C@H](C)O4)N5C(=O)OC(C)(C)C)c12)(C(C)C)C(C)C. The van der Waals surface area contributed by atoms with Gasteiger partial charge in [-0.05, 0) is 103 Å². The molecule has 9 rings (SSSR count). The minimum absolute atomic E-state index is 0.00290. The normalized spacial score (nSPS) is 21.9. The first-order valence-electron chi connectivity index (χ1n) is 26.0. The molecule has 6 heterocycles. The highest BCUT2D eigenvalue weighted by atomic mass is 28.3. The maximum Gasteiger partial charge on any atom is 0.412 e. The molecular formula is C55H73F2N7O7Si. The molecule has 1 saturated carbocycles. The third-order valence-electron chi connectivity index (χ3n) is 15.5. The van der Waals surface area contributed by atoms with Crippen LogP contribution in [0.15, 0.2) is 24.3 Å². The van der Waals surface area contributed by atoms with E-state index < -0.39 is 55.2 Å². The predicted octanol–water partition coefficient (Wildman–Crippen LogP) is 11.3. The molecule has 4 atom stereocenters. The average Bonchev–Trinajstić information content (AvgIpc) is 4.00. The molecule has 2 aromatic heterocycles. The summed E-state index contributed by atoms with van der Waals surface area (Å²) < 4.78 is 66.3. The summed E-state index contributed by atoms with van der Waals surface area (Å²) in [4.78, 5) is 48.8. The van der Waals surface area contributed by atoms with Crippen LogP contribution in [0.3, 0.4) is 0 Å². The van der Waals surface area contributed by atoms with Gasteiger partial charge in [0.05, 0.1) is 43.6 Å². The maximum absolute atomic E-state index is 18.5. The van der Waals surface area contributed by atoms with Gasteiger partial charge < -0.3 is 28.6 Å². The van der Waals surface area contributed by atoms with Crippen LogP contribution in [0.25, 0.3) is 32.9 Å². The molecule has 4 fully saturated rings. The van der Waals surface area contributed by atoms with Gasteiger partial charge in [0, 0.05) is 53.5 Å². The highest BCUT2D eigenvalue weighted by molar-refractivity contribution is 6.90. The topological polar surface area (TPSA) is 141 Å². The number of rotatable bonds is 10. The molecule has 14 nitrogen and oxygen atoms in total. The second-order valence-electron chi connectivity index (χ2n) is 23.8. The number of carbonyl (C=O) groups excluding carboxylic acids is 2. The fourth-order valence-electron chi connectivity index (χ4n) is 12.1. The Balaban J connectivity index is 1.25. The van der Waals surface area contributed by atoms with Crippen molar-refractivity contribution in [2.24, 2.45) is 5.41 Å². The van der Waals surface area contributed by atoms with E-state index >= 15 is 8.78 Å². The highest BCUT2D eigenvalue weighted by Crippen LogP contribution is 2.50. The van der Waals surface area contributed by atoms with Crippen molar-refractivity contribution in [1.82, 2.24) is 24.8 Å². The molecule has 17 heteroatoms. The van der Waals surface area contributed by atoms with Crippen LogP contribution in [0.1, 0.15) is 121 Å². The van der Waals surface area contributed by atoms with Gasteiger partial charge in [-0.2, -0.15) is 9.97 Å². The van der Waals surface area contributed by atoms with Gasteiger partial charge in [-0.15, -0.1) is 5.54 Å². The average molecular weight is 1010 g/mol. The standard InChI is InChI=1S/C55H73F2N7O7Si/c1-31(2)72(32(3)4,33(5)6)26-19-35-15-14-16-37-41(35)38(27-39(43(37)56)58-51(65)70-53(8,9)10)45-44(57)46-42-48(61-50(60-46)68-30-55(20-21-55)29-62-22-24-67-25-23-62)63-28-36-17-18-40(47(63)34(7)69-49(42)59-45)64(36)52(66)71-54(11,12)13/h14-16,27,31-34,36,40,47H,17-18,20-25,28-30H2,1-13H3,(H,58,65)/t34-,36+,40-,47+/m0/s1. The number of benzene rings is 2. The Hall–Kier alpha value is -5.31. The molecule has 3 saturated heterocycles. The lowest BCUT2D eigenvalue weighted by Crippen LogP contribution is -2.65. The number of amides is 2. The van der Waals surface area contributed by atoms with E-state index in [1.807, 2.05) is 38.7 Å². The number of carbonyl (C=O) groups is 2. The molecular weight excluding hydrogens is 937 g/mol. The van der Waals surface area contributed by atoms with Crippen LogP contribution in [-0.2, 0) is 14.2 Å². The highest BCUT2D eigenvalue weighted by Gasteiger charge is 2.54. The van der Waals surface area contributed by atoms with Gasteiger partial charge in [0.25, 0.3) is 0 Å². The first-order valence-corrected chi connectivity index (χ1v) is 28.2. The van der Waals surface area contributed by atoms with E-state index in [4.69, 9.17) is 38.6 Å². The minimum atomic E-state index is -2.33. The number of hydrogen-bond acceptors (Lipinski definition) is 12. The number of halogens is 2. The zero-order valence-corrected chi connectivity index (χ0v) is 45.4. The number of anilines is 2. The quantitative estimate of drug-likeness (QED) is 0.119. The monoisotopic (exact) mass is 1010 g/mol. The van der Waals surface area contributed by atoms with Crippen LogP contribution in [0.2, 0.25) is 16.6 Å². The Labute approximate surface area is 424 Å². The van der Waals surface area contributed by atoms with Crippen molar-refractivity contribution in [1.29, 1.82) is 0 Å². The van der Waals surface area contributed by atoms with E-state index in [-0.39, 0.29) is 62.6 Å². The summed E-state index contributed by atoms with van der Waals surface area (Å²) in [6.07, 6.45) is 1.49. The Morgan fingerprint density at radius 1 is 0.917 bits per heavy atom. The second kappa shape index (κ2) is 19.2. The number of piperazine rings is 1. The van der Waals surface area contributed by atoms with E-state index in [1.54, 1.807) is 32.9 Å². The molecule has 2 aromatic carbocycles. The fourth-order valence-corrected chi connectivity index (χ4v) is 17.3. The molecule has 4 aromatic rings. The van der Waals surface area contributed by atoms with Crippen LogP contribution in [0.5, 0.6) is 11.9 Å². The molecule has 0 radical (unpaired) electrons. The zero-order valence-electron chi connectivity index (χ0n) is 44.4. The molecule has 0 unspecified atom stereocenters. The number of aromatic nitrogens is 3. The summed E-state index contributed by atoms with van der Waals surface area (Å²) in [6, 6.07) is 5.57. The molecule has 2 bridgehead atoms. The maximum atomic E-state index is 18.5. The summed E-state index contributed by atoms with van der Waals surface area (Å²) in [6.45, 7) is 30.6. The van der Waals surface area contributed by atoms with Gasteiger partial charge >= 0.3 is 18.2 Å². The van der Waals surface area contributed by atoms with Crippen molar-refractivity contribution in [3.63, 3.8) is 0 Å². The Morgan fingerprint density at radius 2 is 1.60 bits per heavy atom. The van der Waals surface area contributed by atoms with Crippen molar-refractivity contribution < 1.29 is 42.1 Å². The molecule has 0 spiro atoms. The van der Waals surface area contributed by atoms with Crippen LogP contribution in [0.4, 0.5) is 29.9 Å². The largest absolute Gasteiger partial charge is 0.472 e. The third-order valence-corrected chi connectivity index (χ3v) is 21.8. The van der Waals surface area contributed by atoms with Crippen LogP contribution < -0.4 is 19.7 Å². The number of nitrogens with zero attached hydrogens (tertiary/aromatic N) is 6. The number of ether oxygens (including phenoxy) is 5. The Kier molecular flexibility index (Phi) is 13.7. The number of fused-ring (bicyclic) bond motifs is 6. The summed E-state index contributed by atoms with van der Waals surface area (Å²) in [5, 5.41) is 3.30. The number of morpholine rings is 1. The summed E-state index contributed by atoms with van der Waals surface area (Å²) >= 11 is 0. The molecule has 388 valence electrons. The lowest BCUT2D eigenvalue weighted by Gasteiger charge is -2.48. The van der Waals surface area contributed by atoms with Crippen molar-refractivity contribution in [3.05, 3.63) is 41.5 Å². The molecule has 1 N–H and O–H groups in total. The molecule has 5 aliphatic rings. The van der Waals surface area contributed by atoms with Crippen molar-refractivity contribution in [2.45, 2.75) is 168 Å². The van der Waals surface area contributed by atoms with Gasteiger partial charge in [0.1, 0.15) is 47.8 Å². The molecule has 2 amide bonds. The smallest absolute Gasteiger partial charge is 0.412 e. The predicted molar refractivity (Wildman–Crippen MR) is 279 cm³/mol. The van der Waals surface area contributed by atoms with Crippen LogP contribution >= 0.6 is 0 Å². The van der Waals surface area contributed by atoms with Gasteiger partial charge in [-0.3, -0.25) is 15.1 Å². The summed E-state index contributed by atoms with van der Waals surface area (Å²) in [5.41, 5.74) is 3.15. The zero-order chi connectivity index (χ0) is 51.8. The number of hydrogen-bond donors (Lipinski definition) is 1. The van der Waals surface area contributed by atoms with Gasteiger partial charge in [0.2, 0.25) is 5.88 Å². The van der Waals surface area contributed by atoms with Crippen molar-refractivity contribution in [3.8, 4) is 34.6 Å². The van der Waals surface area contributed by atoms with Gasteiger partial charge in [0.15, 0.2) is 11.6 Å². The lowest BCUT2D eigenvalue weighted by molar-refractivity contribution is 0.000913. The molecule has 4 aliphatic heterocycles. The third kappa shape index (κ3) is 9.79. The minimum Gasteiger partial charge on any atom is -0.472 e. The van der Waals surface area contributed by atoms with E-state index in [0.717, 1.165) is 38.9 Å². The fraction of sp³-hybridized carbons (Fsp3) is 0.618. The van der Waals surface area contributed by atoms with Crippen molar-refractivity contribution >= 4 is 53.4 Å². The Bertz CT molecular complexity index is 2810. The first-order chi connectivity index (χ1) is 33.9. The van der Waals surface area contributed by atoms with E-state index in [2.05, 4.69) is 68.1 Å². The van der Waals surface area contributed by atoms with Crippen LogP contribution in [-0.4, -0.2) is 126 Å². The summed E-state index contributed by atoms with van der Waals surface area (Å²) in [5.74, 6) is 2.45. The van der Waals surface area contributed by atoms with Gasteiger partial charge in [-0.25, -0.2) is 23.4 Å². The lowest BCUT2D eigenvalue weighted by atomic mass is 9.95. The second-order valence-corrected chi connectivity index (χ2v) is 29.3. The number of nitrogens with one attached hydrogen (secondary N) is 1. The van der Waals surface area contributed by atoms with E-state index in [0.29, 0.717) is 66.2 Å². The summed E-state index contributed by atoms with van der Waals surface area (Å²) in [7, 11) is -2.33. The van der Waals surface area contributed by atoms with Crippen molar-refractivity contribution in [2.75, 3.05) is 56.2 Å². The van der Waals surface area contributed by atoms with E-state index in [1.165, 1.54) is 6.07 Å². The first kappa shape index (κ1) is 51.6. The van der Waals surface area contributed by atoms with Crippen LogP contribution in [0, 0.1) is 28.5 Å². The van der Waals surface area contributed by atoms with Gasteiger partial charge in [-0.1, -0.05) is 59.6 Å².